The molecule has 0 amide bonds. The smallest absolute Gasteiger partial charge is 0.0888 e. The van der Waals surface area contributed by atoms with Crippen molar-refractivity contribution in [2.24, 2.45) is 0 Å². The van der Waals surface area contributed by atoms with Gasteiger partial charge in [-0.25, -0.2) is 0 Å². The van der Waals surface area contributed by atoms with Gasteiger partial charge >= 0.3 is 0 Å². The summed E-state index contributed by atoms with van der Waals surface area (Å²) in [6.07, 6.45) is 0. The highest BCUT2D eigenvalue weighted by Crippen LogP contribution is 2.48. The van der Waals surface area contributed by atoms with Gasteiger partial charge in [0.15, 0.2) is 0 Å². The van der Waals surface area contributed by atoms with Crippen LogP contribution in [0.25, 0.3) is 0 Å². The van der Waals surface area contributed by atoms with Gasteiger partial charge in [-0.3, -0.25) is 0 Å². The summed E-state index contributed by atoms with van der Waals surface area (Å²) in [5, 5.41) is 0. The summed E-state index contributed by atoms with van der Waals surface area (Å²) < 4.78 is 0. The molecule has 0 nitrogen and oxygen atoms in total. The molecule has 0 saturated carbocycles. The zero-order valence-corrected chi connectivity index (χ0v) is 10.7. The van der Waals surface area contributed by atoms with Crippen LogP contribution in [0.15, 0.2) is 0 Å². The largest absolute Gasteiger partial charge is 1.00 e. The van der Waals surface area contributed by atoms with Crippen LogP contribution < -0.4 is 12.4 Å². The van der Waals surface area contributed by atoms with E-state index in [1.54, 1.807) is 5.79 Å². The van der Waals surface area contributed by atoms with Crippen molar-refractivity contribution in [2.45, 2.75) is 19.6 Å². The first-order chi connectivity index (χ1) is 3.71. The van der Waals surface area contributed by atoms with Crippen LogP contribution in [0.2, 0.25) is 19.6 Å². The second-order valence-electron chi connectivity index (χ2n) is 5.01. The lowest BCUT2D eigenvalue weighted by Crippen LogP contribution is -3.00. The van der Waals surface area contributed by atoms with Gasteiger partial charge < -0.3 is 12.4 Å². The maximum absolute atomic E-state index is 2.46. The van der Waals surface area contributed by atoms with E-state index >= 15 is 0 Å². The van der Waals surface area contributed by atoms with Crippen LogP contribution >= 0.6 is 7.26 Å². The molecule has 0 aromatic heterocycles. The van der Waals surface area contributed by atoms with Crippen molar-refractivity contribution in [1.29, 1.82) is 0 Å². The van der Waals surface area contributed by atoms with E-state index in [1.807, 2.05) is 0 Å². The summed E-state index contributed by atoms with van der Waals surface area (Å²) in [7, 11) is -1.22. The van der Waals surface area contributed by atoms with Crippen molar-refractivity contribution in [1.82, 2.24) is 0 Å². The van der Waals surface area contributed by atoms with Gasteiger partial charge in [0, 0.05) is 33.0 Å². The normalized spacial score (nSPS) is 12.6. The quantitative estimate of drug-likeness (QED) is 0.425. The van der Waals surface area contributed by atoms with Crippen LogP contribution in [0, 0.1) is 0 Å². The molecule has 0 atom stereocenters. The number of rotatable bonds is 2. The molecule has 0 fully saturated rings. The average molecular weight is 199 g/mol. The summed E-state index contributed by atoms with van der Waals surface area (Å²) in [4.78, 5) is 0. The average Bonchev–Trinajstić information content (AvgIpc) is 1.14. The SMILES string of the molecule is C[Si](C)(C)C[P+](C)(C)C.[Cl-]. The molecule has 0 aliphatic rings. The van der Waals surface area contributed by atoms with Gasteiger partial charge in [0.2, 0.25) is 0 Å². The highest BCUT2D eigenvalue weighted by Gasteiger charge is 2.27. The lowest BCUT2D eigenvalue weighted by atomic mass is 11.7. The molecular formula is C7H20ClPSi. The molecule has 0 aliphatic carbocycles. The van der Waals surface area contributed by atoms with E-state index in [0.29, 0.717) is 0 Å². The summed E-state index contributed by atoms with van der Waals surface area (Å²) >= 11 is 0. The molecule has 0 aromatic rings. The van der Waals surface area contributed by atoms with E-state index in [4.69, 9.17) is 0 Å². The van der Waals surface area contributed by atoms with Gasteiger partial charge in [-0.15, -0.1) is 0 Å². The fourth-order valence-electron chi connectivity index (χ4n) is 1.42. The summed E-state index contributed by atoms with van der Waals surface area (Å²) in [6, 6.07) is 0. The second-order valence-corrected chi connectivity index (χ2v) is 16.0. The highest BCUT2D eigenvalue weighted by atomic mass is 35.5. The standard InChI is InChI=1S/C7H20PSi.ClH/c1-8(2,3)7-9(4,5)6;/h7H2,1-6H3;1H/q+1;/p-1. The lowest BCUT2D eigenvalue weighted by Gasteiger charge is -2.21. The third-order valence-electron chi connectivity index (χ3n) is 0.949. The molecule has 0 N–H and O–H groups in total. The third-order valence-corrected chi connectivity index (χ3v) is 8.54. The Morgan fingerprint density at radius 3 is 1.30 bits per heavy atom. The first kappa shape index (κ1) is 13.5. The molecule has 3 heteroatoms. The minimum Gasteiger partial charge on any atom is -1.00 e. The molecule has 0 spiro atoms. The Morgan fingerprint density at radius 2 is 1.30 bits per heavy atom. The number of hydrogen-bond donors (Lipinski definition) is 0. The molecule has 0 heterocycles. The van der Waals surface area contributed by atoms with Crippen molar-refractivity contribution in [3.63, 3.8) is 0 Å². The van der Waals surface area contributed by atoms with Gasteiger partial charge in [0.05, 0.1) is 8.07 Å². The third kappa shape index (κ3) is 11.7. The predicted octanol–water partition coefficient (Wildman–Crippen LogP) is -0.225. The molecule has 0 bridgehead atoms. The van der Waals surface area contributed by atoms with E-state index in [0.717, 1.165) is 0 Å². The van der Waals surface area contributed by atoms with Crippen molar-refractivity contribution < 1.29 is 12.4 Å². The van der Waals surface area contributed by atoms with Crippen LogP contribution in [-0.4, -0.2) is 33.9 Å². The maximum Gasteiger partial charge on any atom is 0.0888 e. The highest BCUT2D eigenvalue weighted by molar-refractivity contribution is 7.75. The molecule has 0 unspecified atom stereocenters. The van der Waals surface area contributed by atoms with Gasteiger partial charge in [0.1, 0.15) is 0 Å². The molecule has 10 heavy (non-hydrogen) atoms. The molecule has 0 radical (unpaired) electrons. The first-order valence-electron chi connectivity index (χ1n) is 3.51. The van der Waals surface area contributed by atoms with E-state index in [-0.39, 0.29) is 12.4 Å². The summed E-state index contributed by atoms with van der Waals surface area (Å²) in [5.41, 5.74) is 0. The van der Waals surface area contributed by atoms with Gasteiger partial charge in [-0.05, 0) is 0 Å². The Labute approximate surface area is 73.5 Å². The van der Waals surface area contributed by atoms with E-state index in [9.17, 15) is 0 Å². The van der Waals surface area contributed by atoms with Gasteiger partial charge in [0.25, 0.3) is 0 Å². The maximum atomic E-state index is 2.46. The Hall–Kier alpha value is 0.937. The van der Waals surface area contributed by atoms with Crippen LogP contribution in [0.4, 0.5) is 0 Å². The zero-order valence-electron chi connectivity index (χ0n) is 8.03. The molecule has 64 valence electrons. The topological polar surface area (TPSA) is 0 Å². The summed E-state index contributed by atoms with van der Waals surface area (Å²) in [5.74, 6) is 1.54. The monoisotopic (exact) mass is 198 g/mol. The first-order valence-corrected chi connectivity index (χ1v) is 10.5. The van der Waals surface area contributed by atoms with Crippen LogP contribution in [0.5, 0.6) is 0 Å². The fraction of sp³-hybridized carbons (Fsp3) is 1.00. The molecule has 0 aliphatic heterocycles. The Balaban J connectivity index is 0. The minimum atomic E-state index is -0.743. The van der Waals surface area contributed by atoms with Gasteiger partial charge in [-0.2, -0.15) is 0 Å². The molecule has 0 aromatic carbocycles. The fourth-order valence-corrected chi connectivity index (χ4v) is 12.8. The van der Waals surface area contributed by atoms with E-state index in [1.165, 1.54) is 0 Å². The van der Waals surface area contributed by atoms with Crippen molar-refractivity contribution in [3.8, 4) is 0 Å². The van der Waals surface area contributed by atoms with Crippen LogP contribution in [0.3, 0.4) is 0 Å². The number of hydrogen-bond acceptors (Lipinski definition) is 0. The number of halogens is 1. The second kappa shape index (κ2) is 4.09. The molecule has 0 rings (SSSR count). The van der Waals surface area contributed by atoms with Gasteiger partial charge in [-0.1, -0.05) is 19.6 Å². The Morgan fingerprint density at radius 1 is 1.00 bits per heavy atom. The Bertz CT molecular complexity index is 78.8. The summed E-state index contributed by atoms with van der Waals surface area (Å²) in [6.45, 7) is 14.7. The molecule has 0 saturated heterocycles. The van der Waals surface area contributed by atoms with E-state index < -0.39 is 15.3 Å². The zero-order chi connectivity index (χ0) is 7.71. The van der Waals surface area contributed by atoms with Crippen molar-refractivity contribution in [2.75, 3.05) is 25.8 Å². The van der Waals surface area contributed by atoms with Crippen LogP contribution in [-0.2, 0) is 0 Å². The van der Waals surface area contributed by atoms with Crippen molar-refractivity contribution in [3.05, 3.63) is 0 Å². The lowest BCUT2D eigenvalue weighted by molar-refractivity contribution is -0.00000266. The van der Waals surface area contributed by atoms with Crippen molar-refractivity contribution >= 4 is 15.3 Å². The minimum absolute atomic E-state index is 0. The van der Waals surface area contributed by atoms with E-state index in [2.05, 4.69) is 39.6 Å². The van der Waals surface area contributed by atoms with Crippen LogP contribution in [0.1, 0.15) is 0 Å². The predicted molar refractivity (Wildman–Crippen MR) is 52.9 cm³/mol. The Kier molecular flexibility index (Phi) is 5.52. The molecular weight excluding hydrogens is 179 g/mol.